The predicted octanol–water partition coefficient (Wildman–Crippen LogP) is -0.928. The highest BCUT2D eigenvalue weighted by molar-refractivity contribution is 5.43. The van der Waals surface area contributed by atoms with Gasteiger partial charge in [-0.1, -0.05) is 0 Å². The van der Waals surface area contributed by atoms with Crippen LogP contribution in [0.2, 0.25) is 0 Å². The largest absolute Gasteiger partial charge is 0.394 e. The number of nitrogens with zero attached hydrogens (tertiary/aromatic N) is 3. The lowest BCUT2D eigenvalue weighted by molar-refractivity contribution is 0.122. The lowest BCUT2D eigenvalue weighted by Gasteiger charge is -2.28. The third kappa shape index (κ3) is 2.40. The molecule has 0 aliphatic carbocycles. The molecule has 0 unspecified atom stereocenters. The fourth-order valence-corrected chi connectivity index (χ4v) is 1.68. The normalized spacial score (nSPS) is 16.4. The zero-order valence-corrected chi connectivity index (χ0v) is 9.00. The monoisotopic (exact) mass is 225 g/mol. The van der Waals surface area contributed by atoms with Gasteiger partial charge in [-0.25, -0.2) is 4.68 Å². The Morgan fingerprint density at radius 1 is 1.44 bits per heavy atom. The van der Waals surface area contributed by atoms with Gasteiger partial charge in [0.05, 0.1) is 38.2 Å². The molecule has 0 atom stereocenters. The Kier molecular flexibility index (Phi) is 3.53. The van der Waals surface area contributed by atoms with E-state index in [0.29, 0.717) is 13.2 Å². The van der Waals surface area contributed by atoms with E-state index < -0.39 is 0 Å². The zero-order valence-electron chi connectivity index (χ0n) is 9.00. The lowest BCUT2D eigenvalue weighted by atomic mass is 10.3. The van der Waals surface area contributed by atoms with Crippen molar-refractivity contribution < 1.29 is 9.84 Å². The average Bonchev–Trinajstić information content (AvgIpc) is 2.33. The molecule has 1 aliphatic heterocycles. The smallest absolute Gasteiger partial charge is 0.268 e. The van der Waals surface area contributed by atoms with Crippen molar-refractivity contribution in [1.82, 2.24) is 9.78 Å². The molecule has 0 bridgehead atoms. The van der Waals surface area contributed by atoms with E-state index in [9.17, 15) is 4.79 Å². The second-order valence-corrected chi connectivity index (χ2v) is 3.60. The van der Waals surface area contributed by atoms with Crippen LogP contribution in [-0.4, -0.2) is 47.8 Å². The molecule has 88 valence electrons. The van der Waals surface area contributed by atoms with Gasteiger partial charge in [-0.3, -0.25) is 4.79 Å². The van der Waals surface area contributed by atoms with Gasteiger partial charge in [0.2, 0.25) is 0 Å². The Bertz CT molecular complexity index is 399. The third-order valence-corrected chi connectivity index (χ3v) is 2.54. The standard InChI is InChI=1S/C10H15N3O3/c14-4-1-13-10(15)7-9(8-11-13)12-2-5-16-6-3-12/h7-8,14H,1-6H2. The molecule has 0 saturated carbocycles. The maximum absolute atomic E-state index is 11.6. The van der Waals surface area contributed by atoms with E-state index >= 15 is 0 Å². The molecule has 1 N–H and O–H groups in total. The molecule has 0 aromatic carbocycles. The van der Waals surface area contributed by atoms with Crippen molar-refractivity contribution in [3.8, 4) is 0 Å². The van der Waals surface area contributed by atoms with Gasteiger partial charge in [0.15, 0.2) is 0 Å². The van der Waals surface area contributed by atoms with Crippen LogP contribution < -0.4 is 10.5 Å². The summed E-state index contributed by atoms with van der Waals surface area (Å²) < 4.78 is 6.49. The van der Waals surface area contributed by atoms with Gasteiger partial charge in [-0.15, -0.1) is 0 Å². The first-order valence-corrected chi connectivity index (χ1v) is 5.32. The van der Waals surface area contributed by atoms with Crippen molar-refractivity contribution in [2.45, 2.75) is 6.54 Å². The van der Waals surface area contributed by atoms with E-state index in [1.165, 1.54) is 4.68 Å². The van der Waals surface area contributed by atoms with Crippen LogP contribution in [0.4, 0.5) is 5.69 Å². The minimum atomic E-state index is -0.182. The summed E-state index contributed by atoms with van der Waals surface area (Å²) in [6, 6.07) is 1.55. The van der Waals surface area contributed by atoms with Gasteiger partial charge in [-0.05, 0) is 0 Å². The predicted molar refractivity (Wildman–Crippen MR) is 58.6 cm³/mol. The van der Waals surface area contributed by atoms with Crippen LogP contribution in [0.15, 0.2) is 17.1 Å². The van der Waals surface area contributed by atoms with Crippen LogP contribution in [0, 0.1) is 0 Å². The minimum absolute atomic E-state index is 0.0796. The molecular weight excluding hydrogens is 210 g/mol. The summed E-state index contributed by atoms with van der Waals surface area (Å²) in [4.78, 5) is 13.7. The van der Waals surface area contributed by atoms with E-state index in [1.807, 2.05) is 0 Å². The van der Waals surface area contributed by atoms with E-state index in [1.54, 1.807) is 12.3 Å². The molecule has 2 heterocycles. The summed E-state index contributed by atoms with van der Waals surface area (Å²) in [5.74, 6) is 0. The Morgan fingerprint density at radius 2 is 2.19 bits per heavy atom. The number of hydrogen-bond acceptors (Lipinski definition) is 5. The summed E-state index contributed by atoms with van der Waals surface area (Å²) >= 11 is 0. The van der Waals surface area contributed by atoms with Crippen LogP contribution in [0.5, 0.6) is 0 Å². The second-order valence-electron chi connectivity index (χ2n) is 3.60. The van der Waals surface area contributed by atoms with Crippen LogP contribution in [0.3, 0.4) is 0 Å². The van der Waals surface area contributed by atoms with E-state index in [-0.39, 0.29) is 18.7 Å². The Balaban J connectivity index is 2.16. The highest BCUT2D eigenvalue weighted by Gasteiger charge is 2.12. The van der Waals surface area contributed by atoms with Crippen LogP contribution in [-0.2, 0) is 11.3 Å². The van der Waals surface area contributed by atoms with Crippen molar-refractivity contribution in [1.29, 1.82) is 0 Å². The molecule has 1 fully saturated rings. The molecule has 0 radical (unpaired) electrons. The SMILES string of the molecule is O=c1cc(N2CCOCC2)cnn1CCO. The number of hydrogen-bond donors (Lipinski definition) is 1. The average molecular weight is 225 g/mol. The first-order chi connectivity index (χ1) is 7.81. The fraction of sp³-hybridized carbons (Fsp3) is 0.600. The molecule has 1 aromatic rings. The fourth-order valence-electron chi connectivity index (χ4n) is 1.68. The van der Waals surface area contributed by atoms with Gasteiger partial charge >= 0.3 is 0 Å². The van der Waals surface area contributed by atoms with E-state index in [4.69, 9.17) is 9.84 Å². The van der Waals surface area contributed by atoms with E-state index in [0.717, 1.165) is 18.8 Å². The number of ether oxygens (including phenoxy) is 1. The first-order valence-electron chi connectivity index (χ1n) is 5.32. The molecule has 0 amide bonds. The van der Waals surface area contributed by atoms with Gasteiger partial charge in [0.25, 0.3) is 5.56 Å². The summed E-state index contributed by atoms with van der Waals surface area (Å²) in [6.45, 7) is 3.09. The van der Waals surface area contributed by atoms with Crippen molar-refractivity contribution >= 4 is 5.69 Å². The van der Waals surface area contributed by atoms with Crippen molar-refractivity contribution in [3.63, 3.8) is 0 Å². The summed E-state index contributed by atoms with van der Waals surface area (Å²) in [6.07, 6.45) is 1.66. The molecule has 16 heavy (non-hydrogen) atoms. The number of aliphatic hydroxyl groups is 1. The Labute approximate surface area is 93.1 Å². The zero-order chi connectivity index (χ0) is 11.4. The van der Waals surface area contributed by atoms with Gasteiger partial charge in [-0.2, -0.15) is 5.10 Å². The van der Waals surface area contributed by atoms with Crippen molar-refractivity contribution in [3.05, 3.63) is 22.6 Å². The number of anilines is 1. The topological polar surface area (TPSA) is 67.6 Å². The highest BCUT2D eigenvalue weighted by Crippen LogP contribution is 2.11. The minimum Gasteiger partial charge on any atom is -0.394 e. The molecular formula is C10H15N3O3. The maximum atomic E-state index is 11.6. The van der Waals surface area contributed by atoms with Crippen molar-refractivity contribution in [2.24, 2.45) is 0 Å². The number of aliphatic hydroxyl groups excluding tert-OH is 1. The van der Waals surface area contributed by atoms with E-state index in [2.05, 4.69) is 10.00 Å². The molecule has 0 spiro atoms. The Hall–Kier alpha value is -1.40. The van der Waals surface area contributed by atoms with Crippen LogP contribution >= 0.6 is 0 Å². The molecule has 1 aliphatic rings. The number of morpholine rings is 1. The first kappa shape index (κ1) is 11.1. The summed E-state index contributed by atoms with van der Waals surface area (Å²) in [5, 5.41) is 12.7. The molecule has 1 aromatic heterocycles. The van der Waals surface area contributed by atoms with Gasteiger partial charge in [0, 0.05) is 19.2 Å². The third-order valence-electron chi connectivity index (χ3n) is 2.54. The van der Waals surface area contributed by atoms with Gasteiger partial charge < -0.3 is 14.7 Å². The quantitative estimate of drug-likeness (QED) is 0.720. The second kappa shape index (κ2) is 5.09. The number of aromatic nitrogens is 2. The summed E-state index contributed by atoms with van der Waals surface area (Å²) in [7, 11) is 0. The van der Waals surface area contributed by atoms with Gasteiger partial charge in [0.1, 0.15) is 0 Å². The maximum Gasteiger partial charge on any atom is 0.268 e. The molecule has 6 heteroatoms. The lowest BCUT2D eigenvalue weighted by Crippen LogP contribution is -2.37. The van der Waals surface area contributed by atoms with Crippen LogP contribution in [0.25, 0.3) is 0 Å². The molecule has 1 saturated heterocycles. The van der Waals surface area contributed by atoms with Crippen molar-refractivity contribution in [2.75, 3.05) is 37.8 Å². The highest BCUT2D eigenvalue weighted by atomic mass is 16.5. The summed E-state index contributed by atoms with van der Waals surface area (Å²) in [5.41, 5.74) is 0.639. The van der Waals surface area contributed by atoms with Crippen LogP contribution in [0.1, 0.15) is 0 Å². The molecule has 2 rings (SSSR count). The number of rotatable bonds is 3. The Morgan fingerprint density at radius 3 is 2.81 bits per heavy atom. The molecule has 6 nitrogen and oxygen atoms in total.